The lowest BCUT2D eigenvalue weighted by Crippen LogP contribution is -2.12. The molecular weight excluding hydrogens is 244 g/mol. The van der Waals surface area contributed by atoms with Gasteiger partial charge in [0.15, 0.2) is 0 Å². The molecule has 0 atom stereocenters. The number of pyridine rings is 1. The third-order valence-electron chi connectivity index (χ3n) is 2.27. The minimum atomic E-state index is -0.284. The van der Waals surface area contributed by atoms with Crippen molar-refractivity contribution in [2.45, 2.75) is 0 Å². The van der Waals surface area contributed by atoms with Gasteiger partial charge in [0.05, 0.1) is 17.4 Å². The van der Waals surface area contributed by atoms with Crippen molar-refractivity contribution in [2.75, 3.05) is 11.9 Å². The summed E-state index contributed by atoms with van der Waals surface area (Å²) in [5, 5.41) is 15.3. The Hall–Kier alpha value is -2.65. The van der Waals surface area contributed by atoms with Crippen LogP contribution < -0.4 is 5.32 Å². The van der Waals surface area contributed by atoms with E-state index in [1.54, 1.807) is 30.2 Å². The van der Waals surface area contributed by atoms with Gasteiger partial charge in [-0.3, -0.25) is 14.5 Å². The Morgan fingerprint density at radius 3 is 3.00 bits per heavy atom. The molecule has 0 saturated heterocycles. The highest BCUT2D eigenvalue weighted by Crippen LogP contribution is 2.08. The van der Waals surface area contributed by atoms with Crippen LogP contribution in [0.4, 0.5) is 5.69 Å². The molecule has 6 heteroatoms. The van der Waals surface area contributed by atoms with Crippen molar-refractivity contribution in [1.29, 1.82) is 0 Å². The highest BCUT2D eigenvalue weighted by atomic mass is 16.2. The van der Waals surface area contributed by atoms with Crippen molar-refractivity contribution in [3.8, 4) is 11.8 Å². The van der Waals surface area contributed by atoms with Crippen molar-refractivity contribution in [3.63, 3.8) is 0 Å². The minimum Gasteiger partial charge on any atom is -0.384 e. The molecular formula is C13H12N4O2. The summed E-state index contributed by atoms with van der Waals surface area (Å²) in [4.78, 5) is 15.9. The van der Waals surface area contributed by atoms with Gasteiger partial charge in [0.25, 0.3) is 5.91 Å². The Bertz CT molecular complexity index is 652. The molecule has 2 aromatic rings. The number of aryl methyl sites for hydroxylation is 1. The van der Waals surface area contributed by atoms with Crippen LogP contribution in [-0.4, -0.2) is 32.4 Å². The maximum Gasteiger partial charge on any atom is 0.257 e. The SMILES string of the molecule is Cn1cc(NC(=O)c2cncc(C#CCO)c2)cn1. The van der Waals surface area contributed by atoms with Crippen molar-refractivity contribution in [2.24, 2.45) is 7.05 Å². The Labute approximate surface area is 110 Å². The van der Waals surface area contributed by atoms with Crippen LogP contribution in [0, 0.1) is 11.8 Å². The number of hydrogen-bond donors (Lipinski definition) is 2. The van der Waals surface area contributed by atoms with E-state index in [9.17, 15) is 4.79 Å². The number of anilines is 1. The van der Waals surface area contributed by atoms with Gasteiger partial charge >= 0.3 is 0 Å². The zero-order valence-electron chi connectivity index (χ0n) is 10.3. The quantitative estimate of drug-likeness (QED) is 0.763. The van der Waals surface area contributed by atoms with Gasteiger partial charge in [-0.2, -0.15) is 5.10 Å². The van der Waals surface area contributed by atoms with Gasteiger partial charge in [0, 0.05) is 31.2 Å². The van der Waals surface area contributed by atoms with Gasteiger partial charge in [-0.05, 0) is 6.07 Å². The maximum atomic E-state index is 12.0. The fourth-order valence-electron chi connectivity index (χ4n) is 1.46. The molecule has 2 N–H and O–H groups in total. The normalized spacial score (nSPS) is 9.58. The molecule has 2 rings (SSSR count). The molecule has 2 aromatic heterocycles. The summed E-state index contributed by atoms with van der Waals surface area (Å²) in [5.74, 6) is 4.92. The molecule has 1 amide bonds. The van der Waals surface area contributed by atoms with Crippen LogP contribution in [0.1, 0.15) is 15.9 Å². The van der Waals surface area contributed by atoms with Crippen molar-refractivity contribution in [1.82, 2.24) is 14.8 Å². The average molecular weight is 256 g/mol. The molecule has 2 heterocycles. The number of rotatable bonds is 2. The molecule has 0 radical (unpaired) electrons. The Morgan fingerprint density at radius 2 is 2.32 bits per heavy atom. The molecule has 0 bridgehead atoms. The predicted octanol–water partition coefficient (Wildman–Crippen LogP) is 0.411. The summed E-state index contributed by atoms with van der Waals surface area (Å²) in [6.07, 6.45) is 6.24. The summed E-state index contributed by atoms with van der Waals surface area (Å²) < 4.78 is 1.59. The smallest absolute Gasteiger partial charge is 0.257 e. The van der Waals surface area contributed by atoms with Gasteiger partial charge in [-0.1, -0.05) is 11.8 Å². The Balaban J connectivity index is 2.15. The Kier molecular flexibility index (Phi) is 3.90. The van der Waals surface area contributed by atoms with Crippen LogP contribution in [0.2, 0.25) is 0 Å². The molecule has 0 saturated carbocycles. The number of carbonyl (C=O) groups excluding carboxylic acids is 1. The average Bonchev–Trinajstić information content (AvgIpc) is 2.82. The van der Waals surface area contributed by atoms with Crippen LogP contribution in [0.3, 0.4) is 0 Å². The van der Waals surface area contributed by atoms with Crippen molar-refractivity contribution < 1.29 is 9.90 Å². The first-order valence-electron chi connectivity index (χ1n) is 5.54. The summed E-state index contributed by atoms with van der Waals surface area (Å²) >= 11 is 0. The van der Waals surface area contributed by atoms with E-state index in [1.165, 1.54) is 12.4 Å². The molecule has 6 nitrogen and oxygen atoms in total. The third kappa shape index (κ3) is 3.40. The maximum absolute atomic E-state index is 12.0. The molecule has 19 heavy (non-hydrogen) atoms. The first-order valence-corrected chi connectivity index (χ1v) is 5.54. The zero-order chi connectivity index (χ0) is 13.7. The van der Waals surface area contributed by atoms with Gasteiger partial charge < -0.3 is 10.4 Å². The lowest BCUT2D eigenvalue weighted by Gasteiger charge is -2.02. The minimum absolute atomic E-state index is 0.230. The van der Waals surface area contributed by atoms with Crippen molar-refractivity contribution in [3.05, 3.63) is 42.0 Å². The molecule has 0 fully saturated rings. The fourth-order valence-corrected chi connectivity index (χ4v) is 1.46. The van der Waals surface area contributed by atoms with Crippen LogP contribution >= 0.6 is 0 Å². The van der Waals surface area contributed by atoms with E-state index in [4.69, 9.17) is 5.11 Å². The second-order valence-electron chi connectivity index (χ2n) is 3.78. The van der Waals surface area contributed by atoms with E-state index in [0.717, 1.165) is 0 Å². The largest absolute Gasteiger partial charge is 0.384 e. The molecule has 0 aliphatic rings. The summed E-state index contributed by atoms with van der Waals surface area (Å²) in [6.45, 7) is -0.230. The molecule has 96 valence electrons. The van der Waals surface area contributed by atoms with E-state index < -0.39 is 0 Å². The van der Waals surface area contributed by atoms with Gasteiger partial charge in [0.1, 0.15) is 6.61 Å². The van der Waals surface area contributed by atoms with Crippen molar-refractivity contribution >= 4 is 11.6 Å². The van der Waals surface area contributed by atoms with Crippen LogP contribution in [-0.2, 0) is 7.05 Å². The molecule has 0 aliphatic carbocycles. The first kappa shape index (κ1) is 12.8. The molecule has 0 unspecified atom stereocenters. The second kappa shape index (κ2) is 5.80. The first-order chi connectivity index (χ1) is 9.19. The topological polar surface area (TPSA) is 80.0 Å². The standard InChI is InChI=1S/C13H12N4O2/c1-17-9-12(8-15-17)16-13(19)11-5-10(3-2-4-18)6-14-7-11/h5-9,18H,4H2,1H3,(H,16,19). The number of aromatic nitrogens is 3. The van der Waals surface area contributed by atoms with E-state index >= 15 is 0 Å². The van der Waals surface area contributed by atoms with E-state index in [1.807, 2.05) is 0 Å². The van der Waals surface area contributed by atoms with Crippen LogP contribution in [0.5, 0.6) is 0 Å². The van der Waals surface area contributed by atoms with Gasteiger partial charge in [-0.15, -0.1) is 0 Å². The molecule has 0 aromatic carbocycles. The lowest BCUT2D eigenvalue weighted by atomic mass is 10.2. The summed E-state index contributed by atoms with van der Waals surface area (Å²) in [7, 11) is 1.77. The van der Waals surface area contributed by atoms with Crippen LogP contribution in [0.15, 0.2) is 30.9 Å². The number of hydrogen-bond acceptors (Lipinski definition) is 4. The molecule has 0 spiro atoms. The number of nitrogens with zero attached hydrogens (tertiary/aromatic N) is 3. The predicted molar refractivity (Wildman–Crippen MR) is 69.4 cm³/mol. The number of aliphatic hydroxyl groups excluding tert-OH is 1. The highest BCUT2D eigenvalue weighted by Gasteiger charge is 2.07. The second-order valence-corrected chi connectivity index (χ2v) is 3.78. The zero-order valence-corrected chi connectivity index (χ0v) is 10.3. The molecule has 0 aliphatic heterocycles. The van der Waals surface area contributed by atoms with E-state index in [0.29, 0.717) is 16.8 Å². The number of carbonyl (C=O) groups is 1. The number of nitrogens with one attached hydrogen (secondary N) is 1. The number of amides is 1. The summed E-state index contributed by atoms with van der Waals surface area (Å²) in [6, 6.07) is 1.61. The van der Waals surface area contributed by atoms with E-state index in [-0.39, 0.29) is 12.5 Å². The van der Waals surface area contributed by atoms with Crippen LogP contribution in [0.25, 0.3) is 0 Å². The van der Waals surface area contributed by atoms with Gasteiger partial charge in [-0.25, -0.2) is 0 Å². The lowest BCUT2D eigenvalue weighted by molar-refractivity contribution is 0.102. The van der Waals surface area contributed by atoms with E-state index in [2.05, 4.69) is 27.2 Å². The van der Waals surface area contributed by atoms with Gasteiger partial charge in [0.2, 0.25) is 0 Å². The fraction of sp³-hybridized carbons (Fsp3) is 0.154. The summed E-state index contributed by atoms with van der Waals surface area (Å²) in [5.41, 5.74) is 1.58. The third-order valence-corrected chi connectivity index (χ3v) is 2.27. The highest BCUT2D eigenvalue weighted by molar-refractivity contribution is 6.04. The number of aliphatic hydroxyl groups is 1. The Morgan fingerprint density at radius 1 is 1.47 bits per heavy atom. The monoisotopic (exact) mass is 256 g/mol.